The average Bonchev–Trinajstić information content (AvgIpc) is 2.95. The van der Waals surface area contributed by atoms with Gasteiger partial charge in [0, 0.05) is 33.6 Å². The molecule has 4 rings (SSSR count). The summed E-state index contributed by atoms with van der Waals surface area (Å²) in [5.74, 6) is 0. The van der Waals surface area contributed by atoms with Gasteiger partial charge in [-0.3, -0.25) is 4.98 Å². The van der Waals surface area contributed by atoms with E-state index in [2.05, 4.69) is 35.9 Å². The van der Waals surface area contributed by atoms with Gasteiger partial charge in [-0.25, -0.2) is 4.98 Å². The molecule has 3 aromatic rings. The number of aromatic nitrogens is 2. The minimum absolute atomic E-state index is 0.320. The summed E-state index contributed by atoms with van der Waals surface area (Å²) >= 11 is 7.94. The molecule has 1 fully saturated rings. The van der Waals surface area contributed by atoms with E-state index >= 15 is 0 Å². The second-order valence-corrected chi connectivity index (χ2v) is 8.69. The summed E-state index contributed by atoms with van der Waals surface area (Å²) in [6.45, 7) is 4.21. The molecule has 2 heterocycles. The van der Waals surface area contributed by atoms with Crippen molar-refractivity contribution in [2.45, 2.75) is 51.6 Å². The summed E-state index contributed by atoms with van der Waals surface area (Å²) in [4.78, 5) is 13.1. The normalized spacial score (nSPS) is 20.5. The number of hydrogen-bond acceptors (Lipinski definition) is 5. The third kappa shape index (κ3) is 3.31. The zero-order valence-corrected chi connectivity index (χ0v) is 16.6. The summed E-state index contributed by atoms with van der Waals surface area (Å²) in [5.41, 5.74) is 9.32. The quantitative estimate of drug-likeness (QED) is 0.657. The summed E-state index contributed by atoms with van der Waals surface area (Å²) in [6, 6.07) is 8.74. The van der Waals surface area contributed by atoms with Crippen LogP contribution in [-0.4, -0.2) is 22.1 Å². The largest absolute Gasteiger partial charge is 0.328 e. The second kappa shape index (κ2) is 7.14. The predicted octanol–water partition coefficient (Wildman–Crippen LogP) is 5.37. The van der Waals surface area contributed by atoms with Crippen molar-refractivity contribution in [2.75, 3.05) is 4.90 Å². The van der Waals surface area contributed by atoms with Gasteiger partial charge in [-0.05, 0) is 63.8 Å². The number of nitrogens with zero attached hydrogens (tertiary/aromatic N) is 3. The Kier molecular flexibility index (Phi) is 4.86. The molecule has 4 nitrogen and oxygen atoms in total. The molecule has 0 amide bonds. The van der Waals surface area contributed by atoms with E-state index in [4.69, 9.17) is 22.3 Å². The van der Waals surface area contributed by atoms with E-state index in [0.29, 0.717) is 17.1 Å². The Morgan fingerprint density at radius 1 is 1.15 bits per heavy atom. The topological polar surface area (TPSA) is 55.0 Å². The first-order chi connectivity index (χ1) is 12.5. The van der Waals surface area contributed by atoms with Gasteiger partial charge in [0.05, 0.1) is 16.9 Å². The Morgan fingerprint density at radius 3 is 2.62 bits per heavy atom. The fourth-order valence-electron chi connectivity index (χ4n) is 3.69. The van der Waals surface area contributed by atoms with E-state index < -0.39 is 0 Å². The molecule has 0 unspecified atom stereocenters. The van der Waals surface area contributed by atoms with Gasteiger partial charge in [0.15, 0.2) is 5.13 Å². The lowest BCUT2D eigenvalue weighted by Gasteiger charge is -2.36. The van der Waals surface area contributed by atoms with Crippen molar-refractivity contribution in [1.82, 2.24) is 9.97 Å². The SMILES string of the molecule is Cc1nc(N(c2ccnc3cc(Cl)ccc23)C2CCC(N)CC2)sc1C. The Morgan fingerprint density at radius 2 is 1.92 bits per heavy atom. The van der Waals surface area contributed by atoms with Crippen molar-refractivity contribution in [3.8, 4) is 0 Å². The molecule has 1 aromatic carbocycles. The van der Waals surface area contributed by atoms with Crippen LogP contribution < -0.4 is 10.6 Å². The number of benzene rings is 1. The number of fused-ring (bicyclic) bond motifs is 1. The fourth-order valence-corrected chi connectivity index (χ4v) is 4.85. The van der Waals surface area contributed by atoms with Crippen molar-refractivity contribution >= 4 is 44.7 Å². The van der Waals surface area contributed by atoms with Crippen LogP contribution in [0.2, 0.25) is 5.02 Å². The Labute approximate surface area is 163 Å². The number of aryl methyl sites for hydroxylation is 2. The molecule has 0 aliphatic heterocycles. The molecule has 1 aliphatic rings. The van der Waals surface area contributed by atoms with Crippen molar-refractivity contribution in [3.05, 3.63) is 46.1 Å². The van der Waals surface area contributed by atoms with Gasteiger partial charge >= 0.3 is 0 Å². The lowest BCUT2D eigenvalue weighted by molar-refractivity contribution is 0.391. The monoisotopic (exact) mass is 386 g/mol. The number of thiazole rings is 1. The molecule has 0 bridgehead atoms. The molecule has 6 heteroatoms. The van der Waals surface area contributed by atoms with Crippen molar-refractivity contribution in [3.63, 3.8) is 0 Å². The van der Waals surface area contributed by atoms with Crippen molar-refractivity contribution in [2.24, 2.45) is 5.73 Å². The van der Waals surface area contributed by atoms with Crippen LogP contribution in [0, 0.1) is 13.8 Å². The van der Waals surface area contributed by atoms with E-state index in [0.717, 1.165) is 53.1 Å². The van der Waals surface area contributed by atoms with E-state index in [1.807, 2.05) is 18.3 Å². The molecular formula is C20H23ClN4S. The van der Waals surface area contributed by atoms with Crippen LogP contribution >= 0.6 is 22.9 Å². The third-order valence-corrected chi connectivity index (χ3v) is 6.58. The minimum Gasteiger partial charge on any atom is -0.328 e. The van der Waals surface area contributed by atoms with Crippen molar-refractivity contribution < 1.29 is 0 Å². The maximum absolute atomic E-state index is 6.18. The van der Waals surface area contributed by atoms with Gasteiger partial charge in [0.2, 0.25) is 0 Å². The van der Waals surface area contributed by atoms with Gasteiger partial charge in [-0.1, -0.05) is 11.6 Å². The first kappa shape index (κ1) is 17.7. The van der Waals surface area contributed by atoms with Gasteiger partial charge in [-0.15, -0.1) is 11.3 Å². The molecule has 0 radical (unpaired) electrons. The summed E-state index contributed by atoms with van der Waals surface area (Å²) in [5, 5.41) is 2.87. The molecular weight excluding hydrogens is 364 g/mol. The molecule has 26 heavy (non-hydrogen) atoms. The number of pyridine rings is 1. The molecule has 1 aliphatic carbocycles. The fraction of sp³-hybridized carbons (Fsp3) is 0.400. The first-order valence-corrected chi connectivity index (χ1v) is 10.3. The van der Waals surface area contributed by atoms with Gasteiger partial charge in [0.1, 0.15) is 0 Å². The highest BCUT2D eigenvalue weighted by atomic mass is 35.5. The van der Waals surface area contributed by atoms with E-state index in [1.165, 1.54) is 4.88 Å². The van der Waals surface area contributed by atoms with Gasteiger partial charge in [-0.2, -0.15) is 0 Å². The maximum Gasteiger partial charge on any atom is 0.190 e. The number of rotatable bonds is 3. The molecule has 0 atom stereocenters. The zero-order valence-electron chi connectivity index (χ0n) is 15.1. The highest BCUT2D eigenvalue weighted by Gasteiger charge is 2.29. The molecule has 2 aromatic heterocycles. The predicted molar refractivity (Wildman–Crippen MR) is 111 cm³/mol. The zero-order chi connectivity index (χ0) is 18.3. The number of halogens is 1. The van der Waals surface area contributed by atoms with Crippen LogP contribution in [0.5, 0.6) is 0 Å². The minimum atomic E-state index is 0.320. The summed E-state index contributed by atoms with van der Waals surface area (Å²) < 4.78 is 0. The number of nitrogens with two attached hydrogens (primary N) is 1. The summed E-state index contributed by atoms with van der Waals surface area (Å²) in [7, 11) is 0. The van der Waals surface area contributed by atoms with Crippen LogP contribution in [0.4, 0.5) is 10.8 Å². The maximum atomic E-state index is 6.18. The molecule has 0 spiro atoms. The van der Waals surface area contributed by atoms with Crippen LogP contribution in [0.15, 0.2) is 30.5 Å². The molecule has 136 valence electrons. The Bertz CT molecular complexity index is 911. The molecule has 0 saturated heterocycles. The molecule has 2 N–H and O–H groups in total. The highest BCUT2D eigenvalue weighted by Crippen LogP contribution is 2.40. The number of anilines is 2. The lowest BCUT2D eigenvalue weighted by atomic mass is 9.90. The Hall–Kier alpha value is -1.69. The van der Waals surface area contributed by atoms with E-state index in [-0.39, 0.29) is 0 Å². The van der Waals surface area contributed by atoms with E-state index in [1.54, 1.807) is 11.3 Å². The molecule has 1 saturated carbocycles. The van der Waals surface area contributed by atoms with Crippen LogP contribution in [0.25, 0.3) is 10.9 Å². The summed E-state index contributed by atoms with van der Waals surface area (Å²) in [6.07, 6.45) is 6.13. The lowest BCUT2D eigenvalue weighted by Crippen LogP contribution is -2.38. The number of hydrogen-bond donors (Lipinski definition) is 1. The average molecular weight is 387 g/mol. The highest BCUT2D eigenvalue weighted by molar-refractivity contribution is 7.15. The Balaban J connectivity index is 1.85. The smallest absolute Gasteiger partial charge is 0.190 e. The van der Waals surface area contributed by atoms with Crippen LogP contribution in [0.3, 0.4) is 0 Å². The van der Waals surface area contributed by atoms with E-state index in [9.17, 15) is 0 Å². The van der Waals surface area contributed by atoms with Gasteiger partial charge < -0.3 is 10.6 Å². The van der Waals surface area contributed by atoms with Gasteiger partial charge in [0.25, 0.3) is 0 Å². The third-order valence-electron chi connectivity index (χ3n) is 5.27. The first-order valence-electron chi connectivity index (χ1n) is 9.06. The van der Waals surface area contributed by atoms with Crippen LogP contribution in [0.1, 0.15) is 36.3 Å². The van der Waals surface area contributed by atoms with Crippen molar-refractivity contribution in [1.29, 1.82) is 0 Å². The van der Waals surface area contributed by atoms with Crippen LogP contribution in [-0.2, 0) is 0 Å². The second-order valence-electron chi connectivity index (χ2n) is 7.07. The standard InChI is InChI=1S/C20H23ClN4S/c1-12-13(2)26-20(24-12)25(16-6-4-15(22)5-7-16)19-9-10-23-18-11-14(21)3-8-17(18)19/h3,8-11,15-16H,4-7,22H2,1-2H3.